The van der Waals surface area contributed by atoms with Crippen molar-refractivity contribution in [3.05, 3.63) is 0 Å². The van der Waals surface area contributed by atoms with Crippen molar-refractivity contribution in [3.8, 4) is 0 Å². The number of hydrogen-bond acceptors (Lipinski definition) is 3. The van der Waals surface area contributed by atoms with Crippen LogP contribution in [-0.2, 0) is 9.53 Å². The summed E-state index contributed by atoms with van der Waals surface area (Å²) in [6.45, 7) is 4.68. The molecule has 0 saturated heterocycles. The van der Waals surface area contributed by atoms with Crippen molar-refractivity contribution in [2.45, 2.75) is 38.7 Å². The molecule has 4 nitrogen and oxygen atoms in total. The molecule has 0 unspecified atom stereocenters. The third kappa shape index (κ3) is 4.24. The average Bonchev–Trinajstić information content (AvgIpc) is 2.13. The predicted molar refractivity (Wildman–Crippen MR) is 50.6 cm³/mol. The summed E-state index contributed by atoms with van der Waals surface area (Å²) in [4.78, 5) is 10.2. The minimum Gasteiger partial charge on any atom is -0.481 e. The molecule has 4 heteroatoms. The van der Waals surface area contributed by atoms with Gasteiger partial charge in [0, 0.05) is 6.54 Å². The van der Waals surface area contributed by atoms with Crippen LogP contribution >= 0.6 is 0 Å². The molecule has 0 saturated carbocycles. The molecule has 0 aromatic carbocycles. The van der Waals surface area contributed by atoms with Gasteiger partial charge in [-0.15, -0.1) is 0 Å². The predicted octanol–water partition coefficient (Wildman–Crippen LogP) is 0.995. The Balaban J connectivity index is 3.88. The van der Waals surface area contributed by atoms with Crippen LogP contribution in [0.1, 0.15) is 33.1 Å². The Morgan fingerprint density at radius 1 is 1.46 bits per heavy atom. The summed E-state index contributed by atoms with van der Waals surface area (Å²) < 4.78 is 5.48. The molecule has 0 aromatic heterocycles. The fraction of sp³-hybridized carbons (Fsp3) is 0.889. The van der Waals surface area contributed by atoms with Crippen molar-refractivity contribution >= 4 is 5.97 Å². The smallest absolute Gasteiger partial charge is 0.305 e. The van der Waals surface area contributed by atoms with E-state index in [2.05, 4.69) is 0 Å². The van der Waals surface area contributed by atoms with E-state index in [1.54, 1.807) is 0 Å². The Morgan fingerprint density at radius 3 is 2.31 bits per heavy atom. The van der Waals surface area contributed by atoms with Gasteiger partial charge in [-0.25, -0.2) is 0 Å². The molecular weight excluding hydrogens is 170 g/mol. The van der Waals surface area contributed by atoms with Gasteiger partial charge in [0.25, 0.3) is 0 Å². The summed E-state index contributed by atoms with van der Waals surface area (Å²) >= 11 is 0. The topological polar surface area (TPSA) is 72.5 Å². The van der Waals surface area contributed by atoms with E-state index in [9.17, 15) is 4.79 Å². The van der Waals surface area contributed by atoms with E-state index in [4.69, 9.17) is 15.6 Å². The third-order valence-electron chi connectivity index (χ3n) is 2.38. The van der Waals surface area contributed by atoms with Gasteiger partial charge in [-0.3, -0.25) is 4.79 Å². The maximum Gasteiger partial charge on any atom is 0.305 e. The Kier molecular flexibility index (Phi) is 5.66. The van der Waals surface area contributed by atoms with E-state index < -0.39 is 5.97 Å². The number of carboxylic acid groups (broad SMARTS) is 1. The lowest BCUT2D eigenvalue weighted by atomic mass is 9.97. The van der Waals surface area contributed by atoms with Gasteiger partial charge in [-0.1, -0.05) is 13.8 Å². The number of hydrogen-bond donors (Lipinski definition) is 2. The molecule has 0 aliphatic rings. The van der Waals surface area contributed by atoms with Gasteiger partial charge in [0.2, 0.25) is 0 Å². The molecule has 0 radical (unpaired) electrons. The first kappa shape index (κ1) is 12.4. The minimum absolute atomic E-state index is 0.0434. The van der Waals surface area contributed by atoms with Crippen molar-refractivity contribution in [1.29, 1.82) is 0 Å². The van der Waals surface area contributed by atoms with Gasteiger partial charge >= 0.3 is 5.97 Å². The molecule has 13 heavy (non-hydrogen) atoms. The number of carboxylic acids is 1. The van der Waals surface area contributed by atoms with E-state index in [0.717, 1.165) is 12.8 Å². The second-order valence-electron chi connectivity index (χ2n) is 3.09. The largest absolute Gasteiger partial charge is 0.481 e. The van der Waals surface area contributed by atoms with Crippen LogP contribution in [0.4, 0.5) is 0 Å². The third-order valence-corrected chi connectivity index (χ3v) is 2.38. The van der Waals surface area contributed by atoms with Gasteiger partial charge in [-0.05, 0) is 12.8 Å². The zero-order valence-electron chi connectivity index (χ0n) is 8.38. The quantitative estimate of drug-likeness (QED) is 0.626. The van der Waals surface area contributed by atoms with Crippen LogP contribution in [0.5, 0.6) is 0 Å². The van der Waals surface area contributed by atoms with Gasteiger partial charge < -0.3 is 15.6 Å². The first-order chi connectivity index (χ1) is 6.10. The molecule has 0 amide bonds. The van der Waals surface area contributed by atoms with Crippen molar-refractivity contribution in [3.63, 3.8) is 0 Å². The van der Waals surface area contributed by atoms with Gasteiger partial charge in [0.1, 0.15) is 0 Å². The first-order valence-corrected chi connectivity index (χ1v) is 4.66. The highest BCUT2D eigenvalue weighted by Crippen LogP contribution is 2.18. The van der Waals surface area contributed by atoms with Crippen LogP contribution in [0, 0.1) is 0 Å². The summed E-state index contributed by atoms with van der Waals surface area (Å²) in [6, 6.07) is 0. The normalized spacial score (nSPS) is 11.6. The van der Waals surface area contributed by atoms with Crippen molar-refractivity contribution in [2.75, 3.05) is 13.2 Å². The molecule has 0 heterocycles. The number of aliphatic carboxylic acids is 1. The maximum atomic E-state index is 10.2. The fourth-order valence-corrected chi connectivity index (χ4v) is 1.16. The van der Waals surface area contributed by atoms with Crippen LogP contribution in [0.2, 0.25) is 0 Å². The summed E-state index contributed by atoms with van der Waals surface area (Å²) in [6.07, 6.45) is 1.68. The highest BCUT2D eigenvalue weighted by molar-refractivity contribution is 5.66. The zero-order chi connectivity index (χ0) is 10.3. The molecule has 0 atom stereocenters. The Hall–Kier alpha value is -0.610. The molecule has 0 aliphatic carbocycles. The first-order valence-electron chi connectivity index (χ1n) is 4.66. The number of carbonyl (C=O) groups is 1. The van der Waals surface area contributed by atoms with Gasteiger partial charge in [0.15, 0.2) is 0 Å². The molecule has 0 aliphatic heterocycles. The monoisotopic (exact) mass is 189 g/mol. The van der Waals surface area contributed by atoms with Gasteiger partial charge in [0.05, 0.1) is 18.6 Å². The molecule has 0 aromatic rings. The SMILES string of the molecule is CCC(CC)(CN)OCCC(=O)O. The molecular formula is C9H19NO3. The van der Waals surface area contributed by atoms with Crippen LogP contribution in [0.25, 0.3) is 0 Å². The summed E-state index contributed by atoms with van der Waals surface area (Å²) in [5.74, 6) is -0.835. The Labute approximate surface area is 79.1 Å². The van der Waals surface area contributed by atoms with Crippen LogP contribution in [-0.4, -0.2) is 29.8 Å². The van der Waals surface area contributed by atoms with Crippen LogP contribution in [0.15, 0.2) is 0 Å². The van der Waals surface area contributed by atoms with Crippen LogP contribution in [0.3, 0.4) is 0 Å². The second kappa shape index (κ2) is 5.94. The lowest BCUT2D eigenvalue weighted by molar-refractivity contribution is -0.140. The van der Waals surface area contributed by atoms with E-state index in [-0.39, 0.29) is 18.6 Å². The molecule has 0 bridgehead atoms. The minimum atomic E-state index is -0.835. The summed E-state index contributed by atoms with van der Waals surface area (Å²) in [7, 11) is 0. The van der Waals surface area contributed by atoms with Crippen molar-refractivity contribution < 1.29 is 14.6 Å². The molecule has 0 rings (SSSR count). The van der Waals surface area contributed by atoms with E-state index in [0.29, 0.717) is 6.54 Å². The number of nitrogens with two attached hydrogens (primary N) is 1. The molecule has 0 spiro atoms. The maximum absolute atomic E-state index is 10.2. The molecule has 0 fully saturated rings. The highest BCUT2D eigenvalue weighted by atomic mass is 16.5. The average molecular weight is 189 g/mol. The van der Waals surface area contributed by atoms with Crippen molar-refractivity contribution in [2.24, 2.45) is 5.73 Å². The highest BCUT2D eigenvalue weighted by Gasteiger charge is 2.24. The van der Waals surface area contributed by atoms with Crippen molar-refractivity contribution in [1.82, 2.24) is 0 Å². The fourth-order valence-electron chi connectivity index (χ4n) is 1.16. The van der Waals surface area contributed by atoms with Crippen LogP contribution < -0.4 is 5.73 Å². The van der Waals surface area contributed by atoms with Gasteiger partial charge in [-0.2, -0.15) is 0 Å². The second-order valence-corrected chi connectivity index (χ2v) is 3.09. The summed E-state index contributed by atoms with van der Waals surface area (Å²) in [5, 5.41) is 8.42. The summed E-state index contributed by atoms with van der Waals surface area (Å²) in [5.41, 5.74) is 5.25. The number of rotatable bonds is 7. The molecule has 78 valence electrons. The van der Waals surface area contributed by atoms with E-state index in [1.807, 2.05) is 13.8 Å². The Bertz CT molecular complexity index is 147. The molecule has 3 N–H and O–H groups in total. The van der Waals surface area contributed by atoms with E-state index in [1.165, 1.54) is 0 Å². The lowest BCUT2D eigenvalue weighted by Crippen LogP contribution is -2.40. The Morgan fingerprint density at radius 2 is 2.00 bits per heavy atom. The van der Waals surface area contributed by atoms with E-state index >= 15 is 0 Å². The lowest BCUT2D eigenvalue weighted by Gasteiger charge is -2.30. The number of ether oxygens (including phenoxy) is 1. The standard InChI is InChI=1S/C9H19NO3/c1-3-9(4-2,7-10)13-6-5-8(11)12/h3-7,10H2,1-2H3,(H,11,12). The zero-order valence-corrected chi connectivity index (χ0v) is 8.38.